The predicted molar refractivity (Wildman–Crippen MR) is 121 cm³/mol. The first kappa shape index (κ1) is 21.2. The number of hydrogen-bond acceptors (Lipinski definition) is 4. The topological polar surface area (TPSA) is 67.9 Å². The molecule has 0 saturated heterocycles. The Balaban J connectivity index is 1.61. The fourth-order valence-corrected chi connectivity index (χ4v) is 4.21. The third-order valence-corrected chi connectivity index (χ3v) is 6.18. The molecule has 2 aromatic carbocycles. The van der Waals surface area contributed by atoms with E-state index in [-0.39, 0.29) is 11.8 Å². The minimum Gasteiger partial charge on any atom is -0.496 e. The number of methoxy groups -OCH3 is 1. The van der Waals surface area contributed by atoms with Crippen LogP contribution < -0.4 is 19.7 Å². The van der Waals surface area contributed by atoms with E-state index in [9.17, 15) is 9.59 Å². The smallest absolute Gasteiger partial charge is 0.236 e. The molecule has 1 heterocycles. The Bertz CT molecular complexity index is 1010. The molecule has 0 bridgehead atoms. The van der Waals surface area contributed by atoms with Gasteiger partial charge in [-0.1, -0.05) is 25.1 Å². The zero-order valence-electron chi connectivity index (χ0n) is 18.7. The number of anilines is 2. The molecule has 1 aliphatic carbocycles. The van der Waals surface area contributed by atoms with Crippen LogP contribution in [0.25, 0.3) is 0 Å². The van der Waals surface area contributed by atoms with Gasteiger partial charge in [0.2, 0.25) is 11.8 Å². The molecule has 6 nitrogen and oxygen atoms in total. The molecule has 2 amide bonds. The Labute approximate surface area is 183 Å². The second-order valence-corrected chi connectivity index (χ2v) is 9.05. The van der Waals surface area contributed by atoms with Gasteiger partial charge < -0.3 is 19.7 Å². The molecule has 0 aromatic heterocycles. The van der Waals surface area contributed by atoms with Gasteiger partial charge in [-0.3, -0.25) is 9.59 Å². The summed E-state index contributed by atoms with van der Waals surface area (Å²) in [6.07, 6.45) is 2.42. The van der Waals surface area contributed by atoms with Gasteiger partial charge in [-0.2, -0.15) is 0 Å². The van der Waals surface area contributed by atoms with E-state index in [0.29, 0.717) is 24.6 Å². The lowest BCUT2D eigenvalue weighted by Crippen LogP contribution is -2.42. The monoisotopic (exact) mass is 422 g/mol. The summed E-state index contributed by atoms with van der Waals surface area (Å²) in [4.78, 5) is 28.1. The van der Waals surface area contributed by atoms with Gasteiger partial charge in [0, 0.05) is 23.9 Å². The minimum absolute atomic E-state index is 0.0487. The van der Waals surface area contributed by atoms with Crippen LogP contribution in [0.4, 0.5) is 11.4 Å². The summed E-state index contributed by atoms with van der Waals surface area (Å²) < 4.78 is 11.5. The highest BCUT2D eigenvalue weighted by Gasteiger charge is 2.52. The van der Waals surface area contributed by atoms with Crippen LogP contribution in [-0.4, -0.2) is 32.1 Å². The molecule has 2 aromatic rings. The average Bonchev–Trinajstić information content (AvgIpc) is 3.58. The Morgan fingerprint density at radius 1 is 1.19 bits per heavy atom. The fraction of sp³-hybridized carbons (Fsp3) is 0.440. The summed E-state index contributed by atoms with van der Waals surface area (Å²) >= 11 is 0. The summed E-state index contributed by atoms with van der Waals surface area (Å²) in [7, 11) is 1.63. The summed E-state index contributed by atoms with van der Waals surface area (Å²) in [6.45, 7) is 6.77. The lowest BCUT2D eigenvalue weighted by atomic mass is 9.93. The number of carbonyl (C=O) groups is 2. The number of carbonyl (C=O) groups excluding carboxylic acids is 2. The van der Waals surface area contributed by atoms with E-state index in [1.807, 2.05) is 63.2 Å². The molecule has 6 heteroatoms. The van der Waals surface area contributed by atoms with Gasteiger partial charge in [0.1, 0.15) is 18.1 Å². The Morgan fingerprint density at radius 2 is 1.94 bits per heavy atom. The zero-order valence-corrected chi connectivity index (χ0v) is 18.7. The number of hydrogen-bond donors (Lipinski definition) is 1. The van der Waals surface area contributed by atoms with Crippen molar-refractivity contribution in [2.24, 2.45) is 5.41 Å². The average molecular weight is 423 g/mol. The maximum Gasteiger partial charge on any atom is 0.236 e. The molecule has 1 saturated carbocycles. The molecule has 1 fully saturated rings. The van der Waals surface area contributed by atoms with Crippen molar-refractivity contribution in [1.82, 2.24) is 0 Å². The van der Waals surface area contributed by atoms with Crippen molar-refractivity contribution in [1.29, 1.82) is 0 Å². The van der Waals surface area contributed by atoms with Crippen LogP contribution in [0.15, 0.2) is 42.5 Å². The van der Waals surface area contributed by atoms with Crippen molar-refractivity contribution in [3.05, 3.63) is 48.0 Å². The molecular formula is C25H30N2O4. The number of nitrogens with one attached hydrogen (secondary N) is 1. The lowest BCUT2D eigenvalue weighted by Gasteiger charge is -2.27. The maximum absolute atomic E-state index is 13.3. The molecule has 0 radical (unpaired) electrons. The number of amides is 2. The summed E-state index contributed by atoms with van der Waals surface area (Å²) in [6, 6.07) is 13.2. The quantitative estimate of drug-likeness (QED) is 0.743. The molecule has 1 aliphatic heterocycles. The lowest BCUT2D eigenvalue weighted by molar-refractivity contribution is -0.127. The van der Waals surface area contributed by atoms with Gasteiger partial charge in [0.15, 0.2) is 0 Å². The molecule has 0 atom stereocenters. The third kappa shape index (κ3) is 3.75. The molecule has 4 rings (SSSR count). The van der Waals surface area contributed by atoms with Crippen molar-refractivity contribution in [3.8, 4) is 11.5 Å². The molecule has 0 spiro atoms. The number of fused-ring (bicyclic) bond motifs is 1. The van der Waals surface area contributed by atoms with Crippen LogP contribution >= 0.6 is 0 Å². The fourth-order valence-electron chi connectivity index (χ4n) is 4.21. The minimum atomic E-state index is -0.612. The Kier molecular flexibility index (Phi) is 5.42. The first-order valence-electron chi connectivity index (χ1n) is 10.9. The van der Waals surface area contributed by atoms with E-state index in [4.69, 9.17) is 9.47 Å². The van der Waals surface area contributed by atoms with Crippen LogP contribution in [0, 0.1) is 5.41 Å². The van der Waals surface area contributed by atoms with Gasteiger partial charge >= 0.3 is 0 Å². The molecule has 31 heavy (non-hydrogen) atoms. The predicted octanol–water partition coefficient (Wildman–Crippen LogP) is 4.53. The van der Waals surface area contributed by atoms with Gasteiger partial charge in [-0.15, -0.1) is 0 Å². The second-order valence-electron chi connectivity index (χ2n) is 9.05. The van der Waals surface area contributed by atoms with E-state index in [1.165, 1.54) is 0 Å². The highest BCUT2D eigenvalue weighted by Crippen LogP contribution is 2.52. The largest absolute Gasteiger partial charge is 0.496 e. The van der Waals surface area contributed by atoms with Crippen LogP contribution in [0.3, 0.4) is 0 Å². The number of ether oxygens (including phenoxy) is 2. The summed E-state index contributed by atoms with van der Waals surface area (Å²) in [5.41, 5.74) is 1.16. The van der Waals surface area contributed by atoms with Gasteiger partial charge in [0.05, 0.1) is 23.6 Å². The summed E-state index contributed by atoms with van der Waals surface area (Å²) in [5, 5.41) is 3.07. The molecule has 1 N–H and O–H groups in total. The van der Waals surface area contributed by atoms with Crippen molar-refractivity contribution < 1.29 is 19.1 Å². The number of nitrogens with zero attached hydrogens (tertiary/aromatic N) is 1. The molecule has 164 valence electrons. The Hall–Kier alpha value is -3.02. The number of para-hydroxylation sites is 1. The van der Waals surface area contributed by atoms with Gasteiger partial charge in [-0.05, 0) is 51.3 Å². The van der Waals surface area contributed by atoms with Crippen molar-refractivity contribution in [3.63, 3.8) is 0 Å². The number of rotatable bonds is 6. The van der Waals surface area contributed by atoms with E-state index < -0.39 is 10.8 Å². The highest BCUT2D eigenvalue weighted by molar-refractivity contribution is 6.03. The van der Waals surface area contributed by atoms with Gasteiger partial charge in [0.25, 0.3) is 0 Å². The van der Waals surface area contributed by atoms with E-state index in [0.717, 1.165) is 36.3 Å². The van der Waals surface area contributed by atoms with Crippen molar-refractivity contribution in [2.75, 3.05) is 30.5 Å². The second kappa shape index (κ2) is 7.91. The van der Waals surface area contributed by atoms with E-state index in [2.05, 4.69) is 5.32 Å². The van der Waals surface area contributed by atoms with E-state index in [1.54, 1.807) is 12.0 Å². The molecule has 2 aliphatic rings. The van der Waals surface area contributed by atoms with Crippen LogP contribution in [0.2, 0.25) is 0 Å². The maximum atomic E-state index is 13.3. The SMILES string of the molecule is CCCN1C(=O)C(C)(C)COc2cc(NC(=O)C3(c4ccccc4OC)CC3)ccc21. The van der Waals surface area contributed by atoms with E-state index >= 15 is 0 Å². The van der Waals surface area contributed by atoms with Crippen molar-refractivity contribution >= 4 is 23.2 Å². The van der Waals surface area contributed by atoms with Gasteiger partial charge in [-0.25, -0.2) is 0 Å². The van der Waals surface area contributed by atoms with Crippen molar-refractivity contribution in [2.45, 2.75) is 45.4 Å². The third-order valence-electron chi connectivity index (χ3n) is 6.18. The van der Waals surface area contributed by atoms with Crippen LogP contribution in [0.5, 0.6) is 11.5 Å². The normalized spacial score (nSPS) is 18.5. The standard InChI is InChI=1S/C25H30N2O4/c1-5-14-27-19-11-10-17(15-21(19)31-16-24(2,3)23(27)29)26-22(28)25(12-13-25)18-8-6-7-9-20(18)30-4/h6-11,15H,5,12-14,16H2,1-4H3,(H,26,28). The van der Waals surface area contributed by atoms with Crippen LogP contribution in [-0.2, 0) is 15.0 Å². The molecule has 0 unspecified atom stereocenters. The molecular weight excluding hydrogens is 392 g/mol. The first-order chi connectivity index (χ1) is 14.8. The highest BCUT2D eigenvalue weighted by atomic mass is 16.5. The first-order valence-corrected chi connectivity index (χ1v) is 10.9. The van der Waals surface area contributed by atoms with Crippen LogP contribution in [0.1, 0.15) is 45.6 Å². The number of benzene rings is 2. The zero-order chi connectivity index (χ0) is 22.2. The summed E-state index contributed by atoms with van der Waals surface area (Å²) in [5.74, 6) is 1.36. The Morgan fingerprint density at radius 3 is 2.61 bits per heavy atom.